The van der Waals surface area contributed by atoms with Gasteiger partial charge in [-0.05, 0) is 41.3 Å². The zero-order valence-corrected chi connectivity index (χ0v) is 18.8. The lowest BCUT2D eigenvalue weighted by Gasteiger charge is -2.18. The maximum Gasteiger partial charge on any atom is 0.186 e. The Morgan fingerprint density at radius 2 is 1.79 bits per heavy atom. The number of hydrogen-bond donors (Lipinski definition) is 4. The van der Waals surface area contributed by atoms with Gasteiger partial charge in [-0.1, -0.05) is 54.6 Å². The van der Waals surface area contributed by atoms with Crippen LogP contribution in [0.5, 0.6) is 0 Å². The van der Waals surface area contributed by atoms with Crippen molar-refractivity contribution < 1.29 is 4.79 Å². The molecule has 4 aromatic rings. The fourth-order valence-corrected chi connectivity index (χ4v) is 4.57. The number of benzene rings is 3. The summed E-state index contributed by atoms with van der Waals surface area (Å²) in [6, 6.07) is 25.5. The molecule has 1 aromatic heterocycles. The predicted molar refractivity (Wildman–Crippen MR) is 133 cm³/mol. The second kappa shape index (κ2) is 10.0. The molecule has 170 valence electrons. The number of Topliss-reactive ketones (excluding diaryl/α,β-unsaturated/α-hetero) is 1. The van der Waals surface area contributed by atoms with E-state index in [4.69, 9.17) is 5.26 Å². The van der Waals surface area contributed by atoms with Crippen LogP contribution >= 0.6 is 0 Å². The lowest BCUT2D eigenvalue weighted by molar-refractivity contribution is 0.0945. The van der Waals surface area contributed by atoms with Crippen LogP contribution in [0.15, 0.2) is 79.0 Å². The first-order chi connectivity index (χ1) is 16.7. The Bertz CT molecular complexity index is 1310. The molecule has 1 saturated heterocycles. The van der Waals surface area contributed by atoms with E-state index < -0.39 is 6.04 Å². The third kappa shape index (κ3) is 4.63. The summed E-state index contributed by atoms with van der Waals surface area (Å²) in [7, 11) is 0. The minimum absolute atomic E-state index is 0.0502. The van der Waals surface area contributed by atoms with Crippen molar-refractivity contribution in [2.45, 2.75) is 18.4 Å². The molecule has 5 rings (SSSR count). The zero-order chi connectivity index (χ0) is 23.3. The van der Waals surface area contributed by atoms with Crippen molar-refractivity contribution in [2.75, 3.05) is 19.6 Å². The zero-order valence-electron chi connectivity index (χ0n) is 18.8. The molecule has 1 aliphatic heterocycles. The van der Waals surface area contributed by atoms with Gasteiger partial charge in [-0.2, -0.15) is 5.26 Å². The lowest BCUT2D eigenvalue weighted by atomic mass is 9.95. The predicted octanol–water partition coefficient (Wildman–Crippen LogP) is 3.99. The fourth-order valence-electron chi connectivity index (χ4n) is 4.57. The highest BCUT2D eigenvalue weighted by molar-refractivity contribution is 6.10. The molecule has 4 N–H and O–H groups in total. The van der Waals surface area contributed by atoms with Crippen molar-refractivity contribution in [3.8, 4) is 6.07 Å². The Morgan fingerprint density at radius 1 is 1.03 bits per heavy atom. The topological polar surface area (TPSA) is 92.7 Å². The van der Waals surface area contributed by atoms with Crippen LogP contribution in [0.2, 0.25) is 0 Å². The van der Waals surface area contributed by atoms with Crippen molar-refractivity contribution >= 4 is 16.7 Å². The Labute approximate surface area is 199 Å². The first-order valence-corrected chi connectivity index (χ1v) is 11.6. The van der Waals surface area contributed by atoms with Crippen molar-refractivity contribution in [3.63, 3.8) is 0 Å². The first kappa shape index (κ1) is 22.1. The number of ketones is 1. The number of aromatic amines is 1. The highest BCUT2D eigenvalue weighted by Crippen LogP contribution is 2.28. The Morgan fingerprint density at radius 3 is 2.53 bits per heavy atom. The van der Waals surface area contributed by atoms with Gasteiger partial charge in [0.1, 0.15) is 0 Å². The number of carbonyl (C=O) groups is 1. The summed E-state index contributed by atoms with van der Waals surface area (Å²) >= 11 is 0. The van der Waals surface area contributed by atoms with Crippen LogP contribution in [0.3, 0.4) is 0 Å². The van der Waals surface area contributed by atoms with Gasteiger partial charge in [-0.15, -0.1) is 0 Å². The maximum absolute atomic E-state index is 13.7. The summed E-state index contributed by atoms with van der Waals surface area (Å²) in [6.07, 6.45) is 2.60. The third-order valence-corrected chi connectivity index (χ3v) is 6.50. The van der Waals surface area contributed by atoms with E-state index in [1.807, 2.05) is 60.8 Å². The highest BCUT2D eigenvalue weighted by Gasteiger charge is 2.25. The van der Waals surface area contributed by atoms with Crippen LogP contribution in [0.1, 0.15) is 44.6 Å². The van der Waals surface area contributed by atoms with Crippen LogP contribution in [0.25, 0.3) is 10.9 Å². The molecule has 0 bridgehead atoms. The molecule has 1 aliphatic rings. The highest BCUT2D eigenvalue weighted by atomic mass is 16.1. The van der Waals surface area contributed by atoms with Crippen LogP contribution in [-0.2, 0) is 6.42 Å². The molecule has 1 fully saturated rings. The van der Waals surface area contributed by atoms with Gasteiger partial charge in [0.15, 0.2) is 5.78 Å². The fraction of sp³-hybridized carbons (Fsp3) is 0.214. The van der Waals surface area contributed by atoms with E-state index >= 15 is 0 Å². The summed E-state index contributed by atoms with van der Waals surface area (Å²) < 4.78 is 0. The molecule has 0 aliphatic carbocycles. The normalized spacial score (nSPS) is 14.8. The smallest absolute Gasteiger partial charge is 0.186 e. The minimum atomic E-state index is -0.443. The van der Waals surface area contributed by atoms with E-state index in [2.05, 4.69) is 45.4 Å². The van der Waals surface area contributed by atoms with Gasteiger partial charge >= 0.3 is 0 Å². The van der Waals surface area contributed by atoms with E-state index in [0.29, 0.717) is 23.6 Å². The average Bonchev–Trinajstić information content (AvgIpc) is 3.57. The molecule has 0 spiro atoms. The standard InChI is InChI=1S/C28H27N5O/c29-15-20-8-6-19(7-9-20)12-13-30-27(21-4-2-1-3-5-21)28(34)25-18-31-26-14-22(10-11-24(25)26)23-16-32-33-17-23/h1-11,14,18,23,27,30-33H,12-13,16-17H2/t27-/m1/s1. The summed E-state index contributed by atoms with van der Waals surface area (Å²) in [6.45, 7) is 2.44. The number of H-pyrrole nitrogens is 1. The minimum Gasteiger partial charge on any atom is -0.360 e. The number of carbonyl (C=O) groups excluding carboxylic acids is 1. The van der Waals surface area contributed by atoms with E-state index in [1.165, 1.54) is 5.56 Å². The molecular formula is C28H27N5O. The number of nitrogens with one attached hydrogen (secondary N) is 4. The van der Waals surface area contributed by atoms with Crippen LogP contribution in [0, 0.1) is 11.3 Å². The maximum atomic E-state index is 13.7. The number of aromatic nitrogens is 1. The average molecular weight is 450 g/mol. The summed E-state index contributed by atoms with van der Waals surface area (Å²) in [5, 5.41) is 13.4. The molecule has 6 nitrogen and oxygen atoms in total. The van der Waals surface area contributed by atoms with Gasteiger partial charge in [-0.25, -0.2) is 0 Å². The molecule has 6 heteroatoms. The molecule has 2 heterocycles. The van der Waals surface area contributed by atoms with Crippen molar-refractivity contribution in [1.82, 2.24) is 21.2 Å². The Hall–Kier alpha value is -3.76. The van der Waals surface area contributed by atoms with Gasteiger partial charge in [0.05, 0.1) is 17.7 Å². The van der Waals surface area contributed by atoms with Gasteiger partial charge < -0.3 is 10.3 Å². The van der Waals surface area contributed by atoms with Crippen molar-refractivity contribution in [1.29, 1.82) is 5.26 Å². The molecule has 0 amide bonds. The summed E-state index contributed by atoms with van der Waals surface area (Å²) in [4.78, 5) is 17.1. The quantitative estimate of drug-likeness (QED) is 0.305. The number of hydrogen-bond acceptors (Lipinski definition) is 5. The van der Waals surface area contributed by atoms with Crippen LogP contribution < -0.4 is 16.2 Å². The van der Waals surface area contributed by atoms with E-state index in [9.17, 15) is 4.79 Å². The van der Waals surface area contributed by atoms with Gasteiger partial charge in [0, 0.05) is 48.2 Å². The van der Waals surface area contributed by atoms with E-state index in [0.717, 1.165) is 41.5 Å². The SMILES string of the molecule is N#Cc1ccc(CCN[C@@H](C(=O)c2c[nH]c3cc(C4CNNC4)ccc23)c2ccccc2)cc1. The lowest BCUT2D eigenvalue weighted by Crippen LogP contribution is -2.30. The second-order valence-electron chi connectivity index (χ2n) is 8.69. The number of nitrogens with zero attached hydrogens (tertiary/aromatic N) is 1. The largest absolute Gasteiger partial charge is 0.360 e. The van der Waals surface area contributed by atoms with Gasteiger partial charge in [0.2, 0.25) is 0 Å². The molecule has 34 heavy (non-hydrogen) atoms. The molecule has 0 unspecified atom stereocenters. The van der Waals surface area contributed by atoms with E-state index in [1.54, 1.807) is 0 Å². The number of nitriles is 1. The third-order valence-electron chi connectivity index (χ3n) is 6.50. The van der Waals surface area contributed by atoms with Crippen LogP contribution in [0.4, 0.5) is 0 Å². The monoisotopic (exact) mass is 449 g/mol. The molecule has 0 radical (unpaired) electrons. The van der Waals surface area contributed by atoms with Gasteiger partial charge in [0.25, 0.3) is 0 Å². The van der Waals surface area contributed by atoms with Gasteiger partial charge in [-0.3, -0.25) is 15.6 Å². The van der Waals surface area contributed by atoms with Crippen molar-refractivity contribution in [2.24, 2.45) is 0 Å². The number of rotatable bonds is 8. The Kier molecular flexibility index (Phi) is 6.50. The molecule has 3 aromatic carbocycles. The second-order valence-corrected chi connectivity index (χ2v) is 8.69. The summed E-state index contributed by atoms with van der Waals surface area (Å²) in [5.41, 5.74) is 12.0. The first-order valence-electron chi connectivity index (χ1n) is 11.6. The number of hydrazine groups is 1. The molecule has 0 saturated carbocycles. The molecular weight excluding hydrogens is 422 g/mol. The Balaban J connectivity index is 1.37. The van der Waals surface area contributed by atoms with Crippen LogP contribution in [-0.4, -0.2) is 30.4 Å². The van der Waals surface area contributed by atoms with Crippen molar-refractivity contribution in [3.05, 3.63) is 107 Å². The number of fused-ring (bicyclic) bond motifs is 1. The van der Waals surface area contributed by atoms with E-state index in [-0.39, 0.29) is 5.78 Å². The summed E-state index contributed by atoms with van der Waals surface area (Å²) in [5.74, 6) is 0.474. The molecule has 1 atom stereocenters.